The van der Waals surface area contributed by atoms with Gasteiger partial charge in [0.15, 0.2) is 0 Å². The molecule has 0 spiro atoms. The molecule has 7 heteroatoms. The third kappa shape index (κ3) is 3.57. The van der Waals surface area contributed by atoms with Crippen molar-refractivity contribution in [3.63, 3.8) is 0 Å². The van der Waals surface area contributed by atoms with E-state index in [1.165, 1.54) is 0 Å². The number of aryl methyl sites for hydroxylation is 1. The maximum Gasteiger partial charge on any atom is 0.410 e. The minimum absolute atomic E-state index is 0.111. The molecule has 2 fully saturated rings. The second kappa shape index (κ2) is 7.05. The van der Waals surface area contributed by atoms with Crippen molar-refractivity contribution in [2.75, 3.05) is 32.1 Å². The molecule has 1 aromatic carbocycles. The van der Waals surface area contributed by atoms with E-state index in [1.807, 2.05) is 43.9 Å². The van der Waals surface area contributed by atoms with Crippen LogP contribution in [0.15, 0.2) is 18.2 Å². The smallest absolute Gasteiger partial charge is 0.410 e. The Labute approximate surface area is 154 Å². The number of piperidine rings is 1. The van der Waals surface area contributed by atoms with Gasteiger partial charge in [0.1, 0.15) is 12.4 Å². The molecule has 1 N–H and O–H groups in total. The molecular formula is C19H27N3O4. The van der Waals surface area contributed by atoms with Gasteiger partial charge in [0.05, 0.1) is 12.6 Å². The lowest BCUT2D eigenvalue weighted by molar-refractivity contribution is 0.0958. The fraction of sp³-hybridized carbons (Fsp3) is 0.579. The summed E-state index contributed by atoms with van der Waals surface area (Å²) in [6, 6.07) is 5.58. The van der Waals surface area contributed by atoms with Gasteiger partial charge in [-0.2, -0.15) is 0 Å². The largest absolute Gasteiger partial charge is 0.497 e. The van der Waals surface area contributed by atoms with Crippen LogP contribution in [0.25, 0.3) is 0 Å². The molecule has 142 valence electrons. The number of hydrogen-bond donors (Lipinski definition) is 1. The lowest BCUT2D eigenvalue weighted by Gasteiger charge is -2.40. The number of hydrogen-bond acceptors (Lipinski definition) is 4. The molecule has 0 atom stereocenters. The first-order valence-corrected chi connectivity index (χ1v) is 8.98. The fourth-order valence-corrected chi connectivity index (χ4v) is 3.69. The van der Waals surface area contributed by atoms with Crippen LogP contribution in [0.3, 0.4) is 0 Å². The lowest BCUT2D eigenvalue weighted by atomic mass is 9.97. The highest BCUT2D eigenvalue weighted by Crippen LogP contribution is 2.30. The standard InChI is InChI=1S/C19H27N3O4/c1-13-11-15(25-4)5-6-16(13)20-17(23)21-9-7-14(8-10-21)22-18(24)26-12-19(22,2)3/h5-6,11,14H,7-10,12H2,1-4H3,(H,20,23). The number of cyclic esters (lactones) is 1. The molecule has 3 rings (SSSR count). The third-order valence-electron chi connectivity index (χ3n) is 5.19. The van der Waals surface area contributed by atoms with Crippen LogP contribution >= 0.6 is 0 Å². The molecule has 0 unspecified atom stereocenters. The van der Waals surface area contributed by atoms with Gasteiger partial charge in [0, 0.05) is 24.8 Å². The van der Waals surface area contributed by atoms with E-state index >= 15 is 0 Å². The summed E-state index contributed by atoms with van der Waals surface area (Å²) >= 11 is 0. The van der Waals surface area contributed by atoms with Gasteiger partial charge in [-0.15, -0.1) is 0 Å². The Morgan fingerprint density at radius 3 is 2.54 bits per heavy atom. The van der Waals surface area contributed by atoms with Gasteiger partial charge in [0.2, 0.25) is 0 Å². The highest BCUT2D eigenvalue weighted by molar-refractivity contribution is 5.90. The van der Waals surface area contributed by atoms with E-state index in [2.05, 4.69) is 5.32 Å². The molecule has 2 aliphatic rings. The van der Waals surface area contributed by atoms with Crippen LogP contribution in [0, 0.1) is 6.92 Å². The number of amides is 3. The Morgan fingerprint density at radius 1 is 1.31 bits per heavy atom. The Bertz CT molecular complexity index is 696. The van der Waals surface area contributed by atoms with Crippen molar-refractivity contribution in [1.29, 1.82) is 0 Å². The number of nitrogens with one attached hydrogen (secondary N) is 1. The van der Waals surface area contributed by atoms with Gasteiger partial charge in [-0.1, -0.05) is 0 Å². The second-order valence-electron chi connectivity index (χ2n) is 7.57. The van der Waals surface area contributed by atoms with Crippen LogP contribution < -0.4 is 10.1 Å². The van der Waals surface area contributed by atoms with Crippen LogP contribution in [0.1, 0.15) is 32.3 Å². The van der Waals surface area contributed by atoms with Crippen molar-refractivity contribution < 1.29 is 19.1 Å². The number of carbonyl (C=O) groups is 2. The molecule has 2 saturated heterocycles. The number of nitrogens with zero attached hydrogens (tertiary/aromatic N) is 2. The number of rotatable bonds is 3. The Morgan fingerprint density at radius 2 is 2.00 bits per heavy atom. The summed E-state index contributed by atoms with van der Waals surface area (Å²) < 4.78 is 10.4. The van der Waals surface area contributed by atoms with Crippen molar-refractivity contribution in [1.82, 2.24) is 9.80 Å². The molecule has 0 aliphatic carbocycles. The van der Waals surface area contributed by atoms with Crippen molar-refractivity contribution in [2.45, 2.75) is 45.2 Å². The summed E-state index contributed by atoms with van der Waals surface area (Å²) in [5.74, 6) is 0.765. The second-order valence-corrected chi connectivity index (χ2v) is 7.57. The predicted molar refractivity (Wildman–Crippen MR) is 98.6 cm³/mol. The molecule has 3 amide bonds. The molecule has 0 aromatic heterocycles. The first-order valence-electron chi connectivity index (χ1n) is 8.98. The number of carbonyl (C=O) groups excluding carboxylic acids is 2. The van der Waals surface area contributed by atoms with Crippen LogP contribution in [0.5, 0.6) is 5.75 Å². The number of methoxy groups -OCH3 is 1. The molecule has 2 aliphatic heterocycles. The van der Waals surface area contributed by atoms with Gasteiger partial charge < -0.3 is 19.7 Å². The van der Waals surface area contributed by atoms with Gasteiger partial charge >= 0.3 is 12.1 Å². The molecule has 26 heavy (non-hydrogen) atoms. The SMILES string of the molecule is COc1ccc(NC(=O)N2CCC(N3C(=O)OCC3(C)C)CC2)c(C)c1. The number of urea groups is 1. The summed E-state index contributed by atoms with van der Waals surface area (Å²) in [6.07, 6.45) is 1.27. The normalized spacial score (nSPS) is 20.1. The molecule has 0 bridgehead atoms. The zero-order chi connectivity index (χ0) is 18.9. The zero-order valence-corrected chi connectivity index (χ0v) is 15.9. The Hall–Kier alpha value is -2.44. The first kappa shape index (κ1) is 18.4. The van der Waals surface area contributed by atoms with E-state index < -0.39 is 0 Å². The van der Waals surface area contributed by atoms with Crippen molar-refractivity contribution in [2.24, 2.45) is 0 Å². The average Bonchev–Trinajstić information content (AvgIpc) is 2.89. The Kier molecular flexibility index (Phi) is 4.98. The third-order valence-corrected chi connectivity index (χ3v) is 5.19. The molecule has 1 aromatic rings. The van der Waals surface area contributed by atoms with E-state index in [0.717, 1.165) is 29.8 Å². The summed E-state index contributed by atoms with van der Waals surface area (Å²) in [6.45, 7) is 7.62. The van der Waals surface area contributed by atoms with Gasteiger partial charge in [-0.25, -0.2) is 9.59 Å². The van der Waals surface area contributed by atoms with Gasteiger partial charge in [0.25, 0.3) is 0 Å². The molecule has 7 nitrogen and oxygen atoms in total. The minimum atomic E-state index is -0.285. The first-order chi connectivity index (χ1) is 12.3. The Balaban J connectivity index is 1.58. The number of likely N-dealkylation sites (tertiary alicyclic amines) is 1. The van der Waals surface area contributed by atoms with E-state index in [9.17, 15) is 9.59 Å². The summed E-state index contributed by atoms with van der Waals surface area (Å²) in [7, 11) is 1.62. The fourth-order valence-electron chi connectivity index (χ4n) is 3.69. The van der Waals surface area contributed by atoms with Gasteiger partial charge in [-0.3, -0.25) is 4.90 Å². The monoisotopic (exact) mass is 361 g/mol. The van der Waals surface area contributed by atoms with E-state index in [0.29, 0.717) is 19.7 Å². The zero-order valence-electron chi connectivity index (χ0n) is 15.9. The minimum Gasteiger partial charge on any atom is -0.497 e. The molecular weight excluding hydrogens is 334 g/mol. The quantitative estimate of drug-likeness (QED) is 0.897. The topological polar surface area (TPSA) is 71.1 Å². The highest BCUT2D eigenvalue weighted by atomic mass is 16.6. The summed E-state index contributed by atoms with van der Waals surface area (Å²) in [5.41, 5.74) is 1.45. The number of benzene rings is 1. The molecule has 0 radical (unpaired) electrons. The number of ether oxygens (including phenoxy) is 2. The van der Waals surface area contributed by atoms with Crippen LogP contribution in [0.4, 0.5) is 15.3 Å². The molecule has 0 saturated carbocycles. The van der Waals surface area contributed by atoms with E-state index in [-0.39, 0.29) is 23.7 Å². The summed E-state index contributed by atoms with van der Waals surface area (Å²) in [4.78, 5) is 28.3. The highest BCUT2D eigenvalue weighted by Gasteiger charge is 2.44. The van der Waals surface area contributed by atoms with Crippen molar-refractivity contribution in [3.05, 3.63) is 23.8 Å². The van der Waals surface area contributed by atoms with E-state index in [4.69, 9.17) is 9.47 Å². The van der Waals surface area contributed by atoms with Gasteiger partial charge in [-0.05, 0) is 57.4 Å². The summed E-state index contributed by atoms with van der Waals surface area (Å²) in [5, 5.41) is 2.97. The lowest BCUT2D eigenvalue weighted by Crippen LogP contribution is -2.53. The van der Waals surface area contributed by atoms with E-state index in [1.54, 1.807) is 12.0 Å². The predicted octanol–water partition coefficient (Wildman–Crippen LogP) is 3.23. The molecule has 2 heterocycles. The van der Waals surface area contributed by atoms with Crippen LogP contribution in [-0.2, 0) is 4.74 Å². The number of anilines is 1. The van der Waals surface area contributed by atoms with Crippen LogP contribution in [-0.4, -0.2) is 60.3 Å². The van der Waals surface area contributed by atoms with Crippen molar-refractivity contribution >= 4 is 17.8 Å². The average molecular weight is 361 g/mol. The maximum absolute atomic E-state index is 12.6. The maximum atomic E-state index is 12.6. The van der Waals surface area contributed by atoms with Crippen molar-refractivity contribution in [3.8, 4) is 5.75 Å². The van der Waals surface area contributed by atoms with Crippen LogP contribution in [0.2, 0.25) is 0 Å².